The Morgan fingerprint density at radius 2 is 1.77 bits per heavy atom. The molecule has 2 nitrogen and oxygen atoms in total. The predicted octanol–water partition coefficient (Wildman–Crippen LogP) is 4.01. The Hall–Kier alpha value is -0.610. The quantitative estimate of drug-likeness (QED) is 0.688. The predicted molar refractivity (Wildman–Crippen MR) is 62.5 cm³/mol. The fourth-order valence-electron chi connectivity index (χ4n) is 1.00. The molecule has 0 aliphatic rings. The van der Waals surface area contributed by atoms with E-state index in [2.05, 4.69) is 25.9 Å². The van der Waals surface area contributed by atoms with Crippen LogP contribution in [-0.4, -0.2) is 9.97 Å². The van der Waals surface area contributed by atoms with E-state index in [1.165, 1.54) is 0 Å². The molecule has 0 unspecified atom stereocenters. The number of benzene rings is 1. The zero-order valence-electron chi connectivity index (χ0n) is 7.52. The molecule has 70 valence electrons. The molecule has 0 fully saturated rings. The number of aromatic amines is 2. The van der Waals surface area contributed by atoms with E-state index >= 15 is 0 Å². The molecule has 2 aromatic rings. The van der Waals surface area contributed by atoms with Crippen molar-refractivity contribution in [3.8, 4) is 0 Å². The molecule has 13 heavy (non-hydrogen) atoms. The summed E-state index contributed by atoms with van der Waals surface area (Å²) in [5.74, 6) is 0. The third-order valence-corrected chi connectivity index (χ3v) is 2.18. The summed E-state index contributed by atoms with van der Waals surface area (Å²) in [6.45, 7) is 4.00. The molecule has 0 atom stereocenters. The van der Waals surface area contributed by atoms with Crippen molar-refractivity contribution in [2.75, 3.05) is 0 Å². The van der Waals surface area contributed by atoms with Crippen molar-refractivity contribution in [1.82, 2.24) is 9.97 Å². The molecular weight excluding hydrogens is 248 g/mol. The molecule has 0 saturated heterocycles. The van der Waals surface area contributed by atoms with E-state index in [1.807, 2.05) is 32.0 Å². The summed E-state index contributed by atoms with van der Waals surface area (Å²) >= 11 is 8.30. The maximum Gasteiger partial charge on any atom is 0.175 e. The fraction of sp³-hybridized carbons (Fsp3) is 0.222. The van der Waals surface area contributed by atoms with Crippen molar-refractivity contribution in [2.45, 2.75) is 13.8 Å². The van der Waals surface area contributed by atoms with E-state index in [0.29, 0.717) is 4.77 Å². The van der Waals surface area contributed by atoms with Gasteiger partial charge in [0, 0.05) is 4.47 Å². The summed E-state index contributed by atoms with van der Waals surface area (Å²) in [4.78, 5) is 6.05. The van der Waals surface area contributed by atoms with E-state index in [-0.39, 0.29) is 0 Å². The lowest BCUT2D eigenvalue weighted by atomic mass is 10.3. The first-order valence-corrected chi connectivity index (χ1v) is 5.33. The number of H-pyrrole nitrogens is 2. The van der Waals surface area contributed by atoms with Crippen LogP contribution in [-0.2, 0) is 0 Å². The summed E-state index contributed by atoms with van der Waals surface area (Å²) in [7, 11) is 0. The second-order valence-corrected chi connectivity index (χ2v) is 3.59. The molecule has 0 aliphatic heterocycles. The number of fused-ring (bicyclic) bond motifs is 1. The molecule has 0 radical (unpaired) electrons. The second kappa shape index (κ2) is 4.58. The standard InChI is InChI=1S/C7H5BrN2S.C2H6/c8-4-1-2-5-6(3-4)10-7(11)9-5;1-2/h1-3H,(H2,9,10,11);1-2H3. The monoisotopic (exact) mass is 258 g/mol. The van der Waals surface area contributed by atoms with Crippen LogP contribution in [0.1, 0.15) is 13.8 Å². The lowest BCUT2D eigenvalue weighted by Crippen LogP contribution is -1.67. The maximum atomic E-state index is 4.93. The van der Waals surface area contributed by atoms with Gasteiger partial charge in [-0.3, -0.25) is 0 Å². The van der Waals surface area contributed by atoms with E-state index in [0.717, 1.165) is 15.5 Å². The van der Waals surface area contributed by atoms with Crippen LogP contribution >= 0.6 is 28.1 Å². The molecule has 1 heterocycles. The highest BCUT2D eigenvalue weighted by Crippen LogP contribution is 2.16. The molecule has 0 spiro atoms. The van der Waals surface area contributed by atoms with Crippen LogP contribution in [0.3, 0.4) is 0 Å². The smallest absolute Gasteiger partial charge is 0.175 e. The minimum Gasteiger partial charge on any atom is -0.331 e. The first-order valence-electron chi connectivity index (χ1n) is 4.13. The number of hydrogen-bond donors (Lipinski definition) is 2. The number of hydrogen-bond acceptors (Lipinski definition) is 1. The SMILES string of the molecule is CC.S=c1[nH]c2ccc(Br)cc2[nH]1. The molecule has 1 aromatic heterocycles. The van der Waals surface area contributed by atoms with Gasteiger partial charge < -0.3 is 9.97 Å². The normalized spacial score (nSPS) is 9.46. The highest BCUT2D eigenvalue weighted by atomic mass is 79.9. The van der Waals surface area contributed by atoms with Gasteiger partial charge in [-0.05, 0) is 30.4 Å². The Morgan fingerprint density at radius 3 is 2.46 bits per heavy atom. The maximum absolute atomic E-state index is 4.93. The number of imidazole rings is 1. The summed E-state index contributed by atoms with van der Waals surface area (Å²) in [5, 5.41) is 0. The van der Waals surface area contributed by atoms with Crippen LogP contribution in [0, 0.1) is 4.77 Å². The number of nitrogens with one attached hydrogen (secondary N) is 2. The Kier molecular flexibility index (Phi) is 3.69. The molecule has 0 amide bonds. The Morgan fingerprint density at radius 1 is 1.15 bits per heavy atom. The van der Waals surface area contributed by atoms with E-state index in [4.69, 9.17) is 12.2 Å². The summed E-state index contributed by atoms with van der Waals surface area (Å²) in [6.07, 6.45) is 0. The average Bonchev–Trinajstić information content (AvgIpc) is 2.48. The summed E-state index contributed by atoms with van der Waals surface area (Å²) < 4.78 is 1.72. The van der Waals surface area contributed by atoms with Gasteiger partial charge >= 0.3 is 0 Å². The zero-order chi connectivity index (χ0) is 9.84. The van der Waals surface area contributed by atoms with Gasteiger partial charge in [-0.15, -0.1) is 0 Å². The van der Waals surface area contributed by atoms with Crippen molar-refractivity contribution in [3.63, 3.8) is 0 Å². The summed E-state index contributed by atoms with van der Waals surface area (Å²) in [6, 6.07) is 5.94. The zero-order valence-corrected chi connectivity index (χ0v) is 9.92. The van der Waals surface area contributed by atoms with Crippen molar-refractivity contribution in [2.24, 2.45) is 0 Å². The minimum absolute atomic E-state index is 0.665. The van der Waals surface area contributed by atoms with Crippen LogP contribution in [0.15, 0.2) is 22.7 Å². The van der Waals surface area contributed by atoms with Crippen LogP contribution in [0.2, 0.25) is 0 Å². The Labute approximate surface area is 90.5 Å². The Bertz CT molecular complexity index is 444. The van der Waals surface area contributed by atoms with E-state index < -0.39 is 0 Å². The molecule has 1 aromatic carbocycles. The minimum atomic E-state index is 0.665. The number of rotatable bonds is 0. The third-order valence-electron chi connectivity index (χ3n) is 1.48. The summed E-state index contributed by atoms with van der Waals surface area (Å²) in [5.41, 5.74) is 2.07. The third kappa shape index (κ3) is 2.42. The van der Waals surface area contributed by atoms with Crippen molar-refractivity contribution in [3.05, 3.63) is 27.4 Å². The molecule has 0 aliphatic carbocycles. The van der Waals surface area contributed by atoms with Gasteiger partial charge in [-0.25, -0.2) is 0 Å². The number of halogens is 1. The first kappa shape index (κ1) is 10.5. The Balaban J connectivity index is 0.000000396. The van der Waals surface area contributed by atoms with Gasteiger partial charge in [0.05, 0.1) is 11.0 Å². The topological polar surface area (TPSA) is 31.6 Å². The highest BCUT2D eigenvalue weighted by Gasteiger charge is 1.94. The highest BCUT2D eigenvalue weighted by molar-refractivity contribution is 9.10. The van der Waals surface area contributed by atoms with Gasteiger partial charge in [-0.1, -0.05) is 29.8 Å². The van der Waals surface area contributed by atoms with Gasteiger partial charge in [-0.2, -0.15) is 0 Å². The largest absolute Gasteiger partial charge is 0.331 e. The van der Waals surface area contributed by atoms with Crippen molar-refractivity contribution in [1.29, 1.82) is 0 Å². The lowest BCUT2D eigenvalue weighted by molar-refractivity contribution is 1.30. The molecular formula is C9H11BrN2S. The van der Waals surface area contributed by atoms with Gasteiger partial charge in [0.1, 0.15) is 0 Å². The van der Waals surface area contributed by atoms with Crippen LogP contribution in [0.4, 0.5) is 0 Å². The second-order valence-electron chi connectivity index (χ2n) is 2.27. The van der Waals surface area contributed by atoms with Gasteiger partial charge in [0.25, 0.3) is 0 Å². The average molecular weight is 259 g/mol. The number of aromatic nitrogens is 2. The van der Waals surface area contributed by atoms with Crippen LogP contribution in [0.25, 0.3) is 11.0 Å². The van der Waals surface area contributed by atoms with E-state index in [9.17, 15) is 0 Å². The van der Waals surface area contributed by atoms with Crippen LogP contribution in [0.5, 0.6) is 0 Å². The van der Waals surface area contributed by atoms with Gasteiger partial charge in [0.2, 0.25) is 0 Å². The lowest BCUT2D eigenvalue weighted by Gasteiger charge is -1.88. The first-order chi connectivity index (χ1) is 6.25. The molecule has 0 saturated carbocycles. The van der Waals surface area contributed by atoms with Crippen LogP contribution < -0.4 is 0 Å². The van der Waals surface area contributed by atoms with Gasteiger partial charge in [0.15, 0.2) is 4.77 Å². The van der Waals surface area contributed by atoms with E-state index in [1.54, 1.807) is 0 Å². The molecule has 2 N–H and O–H groups in total. The van der Waals surface area contributed by atoms with Crippen molar-refractivity contribution >= 4 is 39.2 Å². The molecule has 4 heteroatoms. The fourth-order valence-corrected chi connectivity index (χ4v) is 1.59. The molecule has 2 rings (SSSR count). The van der Waals surface area contributed by atoms with Crippen molar-refractivity contribution < 1.29 is 0 Å². The molecule has 0 bridgehead atoms.